The van der Waals surface area contributed by atoms with E-state index in [1.54, 1.807) is 0 Å². The molecule has 0 radical (unpaired) electrons. The Bertz CT molecular complexity index is 641. The van der Waals surface area contributed by atoms with Crippen LogP contribution in [0.25, 0.3) is 0 Å². The Balaban J connectivity index is 0.000000380. The Kier molecular flexibility index (Phi) is 7.00. The minimum absolute atomic E-state index is 0.218. The molecular weight excluding hydrogens is 377 g/mol. The number of fused-ring (bicyclic) bond motifs is 1. The lowest BCUT2D eigenvalue weighted by atomic mass is 9.73. The summed E-state index contributed by atoms with van der Waals surface area (Å²) in [6.45, 7) is 8.23. The molecule has 2 atom stereocenters. The molecule has 3 rings (SSSR count). The summed E-state index contributed by atoms with van der Waals surface area (Å²) in [5, 5.41) is 3.46. The summed E-state index contributed by atoms with van der Waals surface area (Å²) in [4.78, 5) is 8.70. The highest BCUT2D eigenvalue weighted by Crippen LogP contribution is 2.51. The van der Waals surface area contributed by atoms with E-state index >= 15 is 0 Å². The predicted molar refractivity (Wildman–Crippen MR) is 101 cm³/mol. The van der Waals surface area contributed by atoms with E-state index in [1.165, 1.54) is 11.1 Å². The number of aldehydes is 1. The molecule has 2 aliphatic rings. The van der Waals surface area contributed by atoms with Crippen LogP contribution < -0.4 is 10.0 Å². The van der Waals surface area contributed by atoms with E-state index < -0.39 is 23.8 Å². The first-order chi connectivity index (χ1) is 12.5. The van der Waals surface area contributed by atoms with Crippen LogP contribution in [-0.2, 0) is 22.6 Å². The molecule has 0 bridgehead atoms. The van der Waals surface area contributed by atoms with Crippen molar-refractivity contribution in [3.8, 4) is 0 Å². The summed E-state index contributed by atoms with van der Waals surface area (Å²) in [6.07, 6.45) is -2.28. The van der Waals surface area contributed by atoms with Crippen molar-refractivity contribution in [1.82, 2.24) is 10.0 Å². The molecule has 27 heavy (non-hydrogen) atoms. The van der Waals surface area contributed by atoms with E-state index in [1.807, 2.05) is 20.8 Å². The van der Waals surface area contributed by atoms with Crippen LogP contribution in [-0.4, -0.2) is 34.9 Å². The van der Waals surface area contributed by atoms with E-state index in [2.05, 4.69) is 34.3 Å². The molecule has 152 valence electrons. The third-order valence-corrected chi connectivity index (χ3v) is 6.60. The monoisotopic (exact) mass is 404 g/mol. The lowest BCUT2D eigenvalue weighted by Gasteiger charge is -2.40. The normalized spacial score (nSPS) is 22.6. The van der Waals surface area contributed by atoms with Crippen molar-refractivity contribution in [2.45, 2.75) is 57.0 Å². The van der Waals surface area contributed by atoms with E-state index in [4.69, 9.17) is 4.79 Å². The first-order valence-corrected chi connectivity index (χ1v) is 10.1. The number of benzene rings is 1. The number of alkyl halides is 3. The molecule has 2 N–H and O–H groups in total. The summed E-state index contributed by atoms with van der Waals surface area (Å²) < 4.78 is 47.1. The van der Waals surface area contributed by atoms with Crippen molar-refractivity contribution in [3.05, 3.63) is 35.4 Å². The summed E-state index contributed by atoms with van der Waals surface area (Å²) >= 11 is -1.03. The van der Waals surface area contributed by atoms with Crippen molar-refractivity contribution >= 4 is 17.6 Å². The number of rotatable bonds is 2. The van der Waals surface area contributed by atoms with Crippen molar-refractivity contribution in [2.75, 3.05) is 13.1 Å². The summed E-state index contributed by atoms with van der Waals surface area (Å²) in [7, 11) is 0. The van der Waals surface area contributed by atoms with Crippen LogP contribution in [0.1, 0.15) is 50.8 Å². The standard InChI is InChI=1S/C17H26N2OS.C2HF3O/c1-16(2,3)21(20)19-15-14-7-5-4-6-13(14)12-17(15)8-10-18-11-9-17;3-2(4,5)1-6/h4-7,15,18-19H,8-12H2,1-3H3;1H/t15-,21-;/m1./s1. The molecule has 1 aliphatic carbocycles. The second-order valence-electron chi connectivity index (χ2n) is 8.08. The van der Waals surface area contributed by atoms with Gasteiger partial charge in [0.2, 0.25) is 6.29 Å². The molecule has 8 heteroatoms. The van der Waals surface area contributed by atoms with Crippen molar-refractivity contribution in [3.63, 3.8) is 0 Å². The molecular formula is C19H27F3N2O2S. The fraction of sp³-hybridized carbons (Fsp3) is 0.632. The molecule has 0 saturated carbocycles. The lowest BCUT2D eigenvalue weighted by Crippen LogP contribution is -2.48. The number of hydrogen-bond acceptors (Lipinski definition) is 4. The molecule has 1 aromatic rings. The minimum atomic E-state index is -4.64. The van der Waals surface area contributed by atoms with Crippen LogP contribution in [0.15, 0.2) is 24.3 Å². The third kappa shape index (κ3) is 5.70. The molecule has 1 saturated heterocycles. The van der Waals surface area contributed by atoms with Gasteiger partial charge in [-0.15, -0.1) is 4.72 Å². The Hall–Kier alpha value is -1.09. The predicted octanol–water partition coefficient (Wildman–Crippen LogP) is 3.45. The Morgan fingerprint density at radius 2 is 1.78 bits per heavy atom. The molecule has 1 fully saturated rings. The highest BCUT2D eigenvalue weighted by molar-refractivity contribution is 7.90. The smallest absolute Gasteiger partial charge is 0.446 e. The molecule has 0 aromatic heterocycles. The van der Waals surface area contributed by atoms with Crippen molar-refractivity contribution in [2.24, 2.45) is 5.41 Å². The number of carbonyl (C=O) groups excluding carboxylic acids is 1. The average molecular weight is 404 g/mol. The first kappa shape index (κ1) is 22.2. The van der Waals surface area contributed by atoms with Gasteiger partial charge in [0.15, 0.2) is 0 Å². The zero-order chi connectivity index (χ0) is 20.3. The maximum Gasteiger partial charge on any atom is 0.446 e. The number of hydrogen-bond donors (Lipinski definition) is 2. The SMILES string of the molecule is CC(C)(C)[S@@+]([O-])N[C@@H]1c2ccccc2CC12CCNCC2.O=CC(F)(F)F. The van der Waals surface area contributed by atoms with Gasteiger partial charge in [0.1, 0.15) is 4.75 Å². The largest absolute Gasteiger partial charge is 0.598 e. The lowest BCUT2D eigenvalue weighted by molar-refractivity contribution is -0.156. The maximum absolute atomic E-state index is 12.6. The Morgan fingerprint density at radius 1 is 1.22 bits per heavy atom. The van der Waals surface area contributed by atoms with Crippen LogP contribution in [0, 0.1) is 5.41 Å². The average Bonchev–Trinajstić information content (AvgIpc) is 2.88. The zero-order valence-corrected chi connectivity index (χ0v) is 16.7. The van der Waals surface area contributed by atoms with Gasteiger partial charge in [-0.2, -0.15) is 13.2 Å². The van der Waals surface area contributed by atoms with Crippen LogP contribution in [0.3, 0.4) is 0 Å². The third-order valence-electron chi connectivity index (χ3n) is 5.04. The fourth-order valence-corrected chi connectivity index (χ4v) is 4.60. The van der Waals surface area contributed by atoms with Gasteiger partial charge < -0.3 is 9.87 Å². The highest BCUT2D eigenvalue weighted by atomic mass is 32.2. The van der Waals surface area contributed by atoms with E-state index in [0.717, 1.165) is 32.4 Å². The summed E-state index contributed by atoms with van der Waals surface area (Å²) in [5.74, 6) is 0. The topological polar surface area (TPSA) is 64.2 Å². The Morgan fingerprint density at radius 3 is 2.30 bits per heavy atom. The molecule has 0 unspecified atom stereocenters. The van der Waals surface area contributed by atoms with Gasteiger partial charge in [-0.1, -0.05) is 24.3 Å². The molecule has 1 spiro atoms. The van der Waals surface area contributed by atoms with Gasteiger partial charge >= 0.3 is 6.18 Å². The molecule has 0 amide bonds. The number of halogens is 3. The minimum Gasteiger partial charge on any atom is -0.598 e. The number of piperidine rings is 1. The molecule has 1 aliphatic heterocycles. The van der Waals surface area contributed by atoms with Crippen molar-refractivity contribution in [1.29, 1.82) is 0 Å². The zero-order valence-electron chi connectivity index (χ0n) is 15.9. The van der Waals surface area contributed by atoms with Crippen molar-refractivity contribution < 1.29 is 22.5 Å². The van der Waals surface area contributed by atoms with Crippen LogP contribution >= 0.6 is 0 Å². The second kappa shape index (κ2) is 8.51. The van der Waals surface area contributed by atoms with Gasteiger partial charge in [-0.3, -0.25) is 4.79 Å². The van der Waals surface area contributed by atoms with Gasteiger partial charge in [0.25, 0.3) is 0 Å². The number of nitrogens with one attached hydrogen (secondary N) is 2. The van der Waals surface area contributed by atoms with Crippen LogP contribution in [0.5, 0.6) is 0 Å². The molecule has 1 heterocycles. The first-order valence-electron chi connectivity index (χ1n) is 8.98. The van der Waals surface area contributed by atoms with Gasteiger partial charge in [-0.25, -0.2) is 0 Å². The van der Waals surface area contributed by atoms with Crippen LogP contribution in [0.4, 0.5) is 13.2 Å². The summed E-state index contributed by atoms with van der Waals surface area (Å²) in [5.41, 5.74) is 3.02. The Labute approximate surface area is 161 Å². The highest BCUT2D eigenvalue weighted by Gasteiger charge is 2.49. The summed E-state index contributed by atoms with van der Waals surface area (Å²) in [6, 6.07) is 8.89. The quantitative estimate of drug-likeness (QED) is 0.585. The maximum atomic E-state index is 12.6. The van der Waals surface area contributed by atoms with E-state index in [-0.39, 0.29) is 16.2 Å². The van der Waals surface area contributed by atoms with Gasteiger partial charge in [0, 0.05) is 16.8 Å². The fourth-order valence-electron chi connectivity index (χ4n) is 3.65. The van der Waals surface area contributed by atoms with Gasteiger partial charge in [0.05, 0.1) is 6.04 Å². The van der Waals surface area contributed by atoms with E-state index in [0.29, 0.717) is 0 Å². The van der Waals surface area contributed by atoms with Crippen LogP contribution in [0.2, 0.25) is 0 Å². The van der Waals surface area contributed by atoms with Gasteiger partial charge in [-0.05, 0) is 64.3 Å². The molecule has 4 nitrogen and oxygen atoms in total. The molecule has 1 aromatic carbocycles. The second-order valence-corrected chi connectivity index (χ2v) is 10.1. The number of carbonyl (C=O) groups is 1. The van der Waals surface area contributed by atoms with E-state index in [9.17, 15) is 17.7 Å².